The van der Waals surface area contributed by atoms with Gasteiger partial charge in [-0.25, -0.2) is 9.37 Å². The van der Waals surface area contributed by atoms with Crippen LogP contribution in [0.4, 0.5) is 4.39 Å². The number of aliphatic carboxylic acids is 1. The van der Waals surface area contributed by atoms with Gasteiger partial charge in [-0.05, 0) is 23.8 Å². The number of benzene rings is 1. The quantitative estimate of drug-likeness (QED) is 0.826. The van der Waals surface area contributed by atoms with Crippen LogP contribution in [-0.2, 0) is 4.79 Å². The maximum Gasteiger partial charge on any atom is 0.303 e. The van der Waals surface area contributed by atoms with Crippen LogP contribution in [-0.4, -0.2) is 26.9 Å². The van der Waals surface area contributed by atoms with E-state index >= 15 is 0 Å². The van der Waals surface area contributed by atoms with E-state index in [2.05, 4.69) is 4.98 Å². The van der Waals surface area contributed by atoms with Gasteiger partial charge in [0.1, 0.15) is 17.3 Å². The lowest BCUT2D eigenvalue weighted by Gasteiger charge is -2.06. The molecule has 2 aromatic rings. The van der Waals surface area contributed by atoms with E-state index in [-0.39, 0.29) is 30.1 Å². The van der Waals surface area contributed by atoms with Crippen LogP contribution in [0.2, 0.25) is 0 Å². The van der Waals surface area contributed by atoms with E-state index < -0.39 is 11.8 Å². The van der Waals surface area contributed by atoms with Crippen molar-refractivity contribution >= 4 is 11.8 Å². The van der Waals surface area contributed by atoms with Gasteiger partial charge < -0.3 is 10.2 Å². The smallest absolute Gasteiger partial charge is 0.303 e. The molecule has 0 aliphatic heterocycles. The van der Waals surface area contributed by atoms with Gasteiger partial charge in [-0.15, -0.1) is 0 Å². The predicted octanol–water partition coefficient (Wildman–Crippen LogP) is 2.64. The molecule has 2 rings (SSSR count). The first kappa shape index (κ1) is 14.6. The summed E-state index contributed by atoms with van der Waals surface area (Å²) in [5.41, 5.74) is 1.01. The normalized spacial score (nSPS) is 10.3. The number of carboxylic acid groups (broad SMARTS) is 1. The van der Waals surface area contributed by atoms with Crippen molar-refractivity contribution in [2.75, 3.05) is 0 Å². The second-order valence-electron chi connectivity index (χ2n) is 4.42. The van der Waals surface area contributed by atoms with Gasteiger partial charge in [-0.1, -0.05) is 12.1 Å². The van der Waals surface area contributed by atoms with Crippen LogP contribution in [0.25, 0.3) is 11.1 Å². The topological polar surface area (TPSA) is 87.5 Å². The second-order valence-corrected chi connectivity index (χ2v) is 4.42. The molecule has 0 radical (unpaired) electrons. The molecule has 1 aromatic heterocycles. The molecule has 0 unspecified atom stereocenters. The molecule has 0 atom stereocenters. The van der Waals surface area contributed by atoms with Crippen molar-refractivity contribution in [1.82, 2.24) is 4.98 Å². The molecule has 0 aliphatic carbocycles. The Bertz CT molecular complexity index is 683. The standard InChI is InChI=1S/C15H12FNO4/c16-11-3-1-9(2-4-11)10-7-13(19)15(17-8-10)12(18)5-6-14(20)21/h1-4,7-8,19H,5-6H2,(H,20,21). The number of rotatable bonds is 5. The third-order valence-corrected chi connectivity index (χ3v) is 2.88. The molecule has 5 nitrogen and oxygen atoms in total. The molecule has 108 valence electrons. The summed E-state index contributed by atoms with van der Waals surface area (Å²) in [6, 6.07) is 6.94. The minimum Gasteiger partial charge on any atom is -0.506 e. The molecule has 2 N–H and O–H groups in total. The number of pyridine rings is 1. The number of ketones is 1. The van der Waals surface area contributed by atoms with Crippen molar-refractivity contribution < 1.29 is 24.2 Å². The van der Waals surface area contributed by atoms with Gasteiger partial charge in [0.15, 0.2) is 5.78 Å². The van der Waals surface area contributed by atoms with Crippen molar-refractivity contribution in [3.63, 3.8) is 0 Å². The molecule has 0 saturated carbocycles. The zero-order valence-corrected chi connectivity index (χ0v) is 10.9. The predicted molar refractivity (Wildman–Crippen MR) is 72.5 cm³/mol. The van der Waals surface area contributed by atoms with E-state index in [0.29, 0.717) is 11.1 Å². The Labute approximate surface area is 119 Å². The number of carbonyl (C=O) groups excluding carboxylic acids is 1. The summed E-state index contributed by atoms with van der Waals surface area (Å²) in [4.78, 5) is 26.0. The zero-order valence-electron chi connectivity index (χ0n) is 10.9. The van der Waals surface area contributed by atoms with Gasteiger partial charge in [0.2, 0.25) is 0 Å². The molecule has 21 heavy (non-hydrogen) atoms. The van der Waals surface area contributed by atoms with Crippen LogP contribution < -0.4 is 0 Å². The first-order chi connectivity index (χ1) is 9.97. The number of hydrogen-bond acceptors (Lipinski definition) is 4. The van der Waals surface area contributed by atoms with Crippen LogP contribution >= 0.6 is 0 Å². The average molecular weight is 289 g/mol. The molecule has 6 heteroatoms. The summed E-state index contributed by atoms with van der Waals surface area (Å²) in [7, 11) is 0. The molecule has 0 amide bonds. The average Bonchev–Trinajstić information content (AvgIpc) is 2.45. The monoisotopic (exact) mass is 289 g/mol. The molecular weight excluding hydrogens is 277 g/mol. The fraction of sp³-hybridized carbons (Fsp3) is 0.133. The number of carboxylic acids is 1. The summed E-state index contributed by atoms with van der Waals surface area (Å²) in [6.07, 6.45) is 0.826. The number of Topliss-reactive ketones (excluding diaryl/α,β-unsaturated/α-hetero) is 1. The third-order valence-electron chi connectivity index (χ3n) is 2.88. The van der Waals surface area contributed by atoms with Gasteiger partial charge in [0.05, 0.1) is 6.42 Å². The van der Waals surface area contributed by atoms with E-state index in [9.17, 15) is 19.1 Å². The Hall–Kier alpha value is -2.76. The fourth-order valence-electron chi connectivity index (χ4n) is 1.81. The number of aromatic hydroxyl groups is 1. The summed E-state index contributed by atoms with van der Waals surface area (Å²) in [5, 5.41) is 18.4. The highest BCUT2D eigenvalue weighted by Crippen LogP contribution is 2.25. The fourth-order valence-corrected chi connectivity index (χ4v) is 1.81. The molecule has 1 heterocycles. The van der Waals surface area contributed by atoms with Crippen molar-refractivity contribution in [2.45, 2.75) is 12.8 Å². The van der Waals surface area contributed by atoms with Crippen molar-refractivity contribution in [1.29, 1.82) is 0 Å². The first-order valence-electron chi connectivity index (χ1n) is 6.17. The highest BCUT2D eigenvalue weighted by molar-refractivity contribution is 5.98. The minimum atomic E-state index is -1.09. The van der Waals surface area contributed by atoms with Crippen LogP contribution in [0.15, 0.2) is 36.5 Å². The molecule has 0 fully saturated rings. The highest BCUT2D eigenvalue weighted by Gasteiger charge is 2.15. The van der Waals surface area contributed by atoms with Crippen LogP contribution in [0, 0.1) is 5.82 Å². The van der Waals surface area contributed by atoms with Gasteiger partial charge in [-0.3, -0.25) is 9.59 Å². The lowest BCUT2D eigenvalue weighted by atomic mass is 10.1. The third kappa shape index (κ3) is 3.62. The lowest BCUT2D eigenvalue weighted by molar-refractivity contribution is -0.136. The molecule has 0 saturated heterocycles. The Morgan fingerprint density at radius 1 is 1.10 bits per heavy atom. The van der Waals surface area contributed by atoms with Crippen molar-refractivity contribution in [3.8, 4) is 16.9 Å². The van der Waals surface area contributed by atoms with Crippen LogP contribution in [0.5, 0.6) is 5.75 Å². The van der Waals surface area contributed by atoms with E-state index in [1.165, 1.54) is 36.5 Å². The maximum atomic E-state index is 12.8. The molecule has 0 bridgehead atoms. The lowest BCUT2D eigenvalue weighted by Crippen LogP contribution is -2.06. The highest BCUT2D eigenvalue weighted by atomic mass is 19.1. The number of aromatic nitrogens is 1. The largest absolute Gasteiger partial charge is 0.506 e. The Balaban J connectivity index is 2.23. The SMILES string of the molecule is O=C(O)CCC(=O)c1ncc(-c2ccc(F)cc2)cc1O. The molecule has 0 spiro atoms. The Morgan fingerprint density at radius 3 is 2.33 bits per heavy atom. The number of halogens is 1. The van der Waals surface area contributed by atoms with Crippen LogP contribution in [0.3, 0.4) is 0 Å². The second kappa shape index (κ2) is 6.13. The van der Waals surface area contributed by atoms with Crippen molar-refractivity contribution in [2.24, 2.45) is 0 Å². The Morgan fingerprint density at radius 2 is 1.76 bits per heavy atom. The van der Waals surface area contributed by atoms with Gasteiger partial charge in [0, 0.05) is 18.2 Å². The minimum absolute atomic E-state index is 0.165. The van der Waals surface area contributed by atoms with Crippen molar-refractivity contribution in [3.05, 3.63) is 48.0 Å². The molecule has 1 aromatic carbocycles. The summed E-state index contributed by atoms with van der Waals surface area (Å²) < 4.78 is 12.8. The van der Waals surface area contributed by atoms with E-state index in [1.54, 1.807) is 0 Å². The number of hydrogen-bond donors (Lipinski definition) is 2. The Kier molecular flexibility index (Phi) is 4.27. The summed E-state index contributed by atoms with van der Waals surface area (Å²) in [6.45, 7) is 0. The number of carbonyl (C=O) groups is 2. The molecule has 0 aliphatic rings. The van der Waals surface area contributed by atoms with E-state index in [4.69, 9.17) is 5.11 Å². The summed E-state index contributed by atoms with van der Waals surface area (Å²) >= 11 is 0. The maximum absolute atomic E-state index is 12.8. The van der Waals surface area contributed by atoms with E-state index in [0.717, 1.165) is 0 Å². The first-order valence-corrected chi connectivity index (χ1v) is 6.17. The molecular formula is C15H12FNO4. The zero-order chi connectivity index (χ0) is 15.4. The van der Waals surface area contributed by atoms with Gasteiger partial charge in [0.25, 0.3) is 0 Å². The summed E-state index contributed by atoms with van der Waals surface area (Å²) in [5.74, 6) is -2.34. The van der Waals surface area contributed by atoms with Gasteiger partial charge in [-0.2, -0.15) is 0 Å². The number of nitrogens with zero attached hydrogens (tertiary/aromatic N) is 1. The van der Waals surface area contributed by atoms with Gasteiger partial charge >= 0.3 is 5.97 Å². The van der Waals surface area contributed by atoms with Crippen LogP contribution in [0.1, 0.15) is 23.3 Å². The van der Waals surface area contributed by atoms with E-state index in [1.807, 2.05) is 0 Å².